The van der Waals surface area contributed by atoms with Gasteiger partial charge in [0.05, 0.1) is 18.7 Å². The number of carbonyl (C=O) groups is 2. The molecular formula is C15H16N2O3S. The average Bonchev–Trinajstić information content (AvgIpc) is 2.98. The normalized spacial score (nSPS) is 21.4. The van der Waals surface area contributed by atoms with Gasteiger partial charge in [-0.1, -0.05) is 0 Å². The molecule has 1 aromatic heterocycles. The number of ether oxygens (including phenoxy) is 1. The van der Waals surface area contributed by atoms with Crippen molar-refractivity contribution in [3.8, 4) is 0 Å². The van der Waals surface area contributed by atoms with Gasteiger partial charge in [0, 0.05) is 22.3 Å². The van der Waals surface area contributed by atoms with Gasteiger partial charge in [-0.25, -0.2) is 4.79 Å². The summed E-state index contributed by atoms with van der Waals surface area (Å²) in [6.07, 6.45) is 4.60. The van der Waals surface area contributed by atoms with Crippen molar-refractivity contribution in [3.05, 3.63) is 33.0 Å². The van der Waals surface area contributed by atoms with Crippen LogP contribution in [0, 0.1) is 0 Å². The minimum Gasteiger partial charge on any atom is -0.465 e. The van der Waals surface area contributed by atoms with E-state index in [9.17, 15) is 9.59 Å². The maximum atomic E-state index is 11.8. The highest BCUT2D eigenvalue weighted by Crippen LogP contribution is 2.34. The molecule has 2 aliphatic rings. The lowest BCUT2D eigenvalue weighted by atomic mass is 9.85. The third kappa shape index (κ3) is 2.81. The molecule has 1 aliphatic carbocycles. The predicted molar refractivity (Wildman–Crippen MR) is 78.5 cm³/mol. The highest BCUT2D eigenvalue weighted by atomic mass is 32.1. The lowest BCUT2D eigenvalue weighted by Gasteiger charge is -2.25. The Kier molecular flexibility index (Phi) is 3.96. The Morgan fingerprint density at radius 2 is 2.24 bits per heavy atom. The van der Waals surface area contributed by atoms with Crippen LogP contribution in [0.5, 0.6) is 0 Å². The Hall–Kier alpha value is -1.82. The van der Waals surface area contributed by atoms with Crippen LogP contribution in [0.2, 0.25) is 0 Å². The molecule has 0 fully saturated rings. The molecule has 0 N–H and O–H groups in total. The number of nitrogens with zero attached hydrogens (tertiary/aromatic N) is 2. The van der Waals surface area contributed by atoms with Gasteiger partial charge < -0.3 is 4.74 Å². The van der Waals surface area contributed by atoms with Crippen molar-refractivity contribution < 1.29 is 14.3 Å². The summed E-state index contributed by atoms with van der Waals surface area (Å²) in [6, 6.07) is 1.79. The molecule has 0 saturated heterocycles. The Morgan fingerprint density at radius 3 is 3.05 bits per heavy atom. The van der Waals surface area contributed by atoms with Crippen molar-refractivity contribution in [1.29, 1.82) is 0 Å². The van der Waals surface area contributed by atoms with Crippen molar-refractivity contribution in [2.75, 3.05) is 7.11 Å². The summed E-state index contributed by atoms with van der Waals surface area (Å²) < 4.78 is 4.71. The molecule has 0 bridgehead atoms. The van der Waals surface area contributed by atoms with Crippen LogP contribution in [-0.4, -0.2) is 25.0 Å². The fourth-order valence-electron chi connectivity index (χ4n) is 2.86. The summed E-state index contributed by atoms with van der Waals surface area (Å²) in [6.45, 7) is 0. The van der Waals surface area contributed by atoms with Crippen LogP contribution in [0.4, 0.5) is 0 Å². The molecule has 1 atom stereocenters. The number of thiophene rings is 1. The zero-order chi connectivity index (χ0) is 14.8. The Bertz CT molecular complexity index is 645. The Balaban J connectivity index is 1.79. The van der Waals surface area contributed by atoms with E-state index in [0.717, 1.165) is 41.7 Å². The highest BCUT2D eigenvalue weighted by Gasteiger charge is 2.29. The topological polar surface area (TPSA) is 68.1 Å². The van der Waals surface area contributed by atoms with Crippen molar-refractivity contribution in [1.82, 2.24) is 0 Å². The van der Waals surface area contributed by atoms with Crippen molar-refractivity contribution in [2.24, 2.45) is 10.2 Å². The lowest BCUT2D eigenvalue weighted by molar-refractivity contribution is -0.115. The summed E-state index contributed by atoms with van der Waals surface area (Å²) in [5.74, 6) is -0.488. The number of rotatable bonds is 3. The van der Waals surface area contributed by atoms with Crippen molar-refractivity contribution in [2.45, 2.75) is 38.1 Å². The highest BCUT2D eigenvalue weighted by molar-refractivity contribution is 7.10. The van der Waals surface area contributed by atoms with Gasteiger partial charge in [0.25, 0.3) is 5.91 Å². The molecule has 110 valence electrons. The number of methoxy groups -OCH3 is 1. The molecule has 0 spiro atoms. The van der Waals surface area contributed by atoms with Gasteiger partial charge in [-0.15, -0.1) is 16.5 Å². The van der Waals surface area contributed by atoms with Gasteiger partial charge in [0.15, 0.2) is 0 Å². The Labute approximate surface area is 126 Å². The second kappa shape index (κ2) is 5.89. The molecule has 1 amide bonds. The minimum atomic E-state index is -0.324. The SMILES string of the molecule is COC(=O)c1csc(CC2N=NC(=O)C3=C2CCCC3)c1. The molecule has 0 saturated carbocycles. The standard InChI is InChI=1S/C15H16N2O3S/c1-20-15(19)9-6-10(21-8-9)7-13-11-4-2-3-5-12(11)14(18)17-16-13/h6,8,13H,2-5,7H2,1H3. The summed E-state index contributed by atoms with van der Waals surface area (Å²) >= 11 is 1.52. The zero-order valence-corrected chi connectivity index (χ0v) is 12.6. The molecule has 5 nitrogen and oxygen atoms in total. The third-order valence-electron chi connectivity index (χ3n) is 3.93. The van der Waals surface area contributed by atoms with Crippen LogP contribution in [-0.2, 0) is 16.0 Å². The first-order chi connectivity index (χ1) is 10.2. The van der Waals surface area contributed by atoms with Crippen LogP contribution in [0.1, 0.15) is 40.9 Å². The van der Waals surface area contributed by atoms with Gasteiger partial charge in [0.2, 0.25) is 0 Å². The molecular weight excluding hydrogens is 288 g/mol. The van der Waals surface area contributed by atoms with E-state index < -0.39 is 0 Å². The lowest BCUT2D eigenvalue weighted by Crippen LogP contribution is -2.22. The van der Waals surface area contributed by atoms with Crippen molar-refractivity contribution in [3.63, 3.8) is 0 Å². The number of azo groups is 1. The molecule has 2 heterocycles. The van der Waals surface area contributed by atoms with Gasteiger partial charge >= 0.3 is 5.97 Å². The first kappa shape index (κ1) is 14.1. The smallest absolute Gasteiger partial charge is 0.338 e. The van der Waals surface area contributed by atoms with E-state index in [1.54, 1.807) is 5.38 Å². The van der Waals surface area contributed by atoms with Crippen LogP contribution in [0.15, 0.2) is 32.8 Å². The number of carbonyl (C=O) groups excluding carboxylic acids is 2. The molecule has 1 aliphatic heterocycles. The minimum absolute atomic E-state index is 0.0536. The molecule has 21 heavy (non-hydrogen) atoms. The number of hydrogen-bond donors (Lipinski definition) is 0. The fraction of sp³-hybridized carbons (Fsp3) is 0.467. The van der Waals surface area contributed by atoms with E-state index in [4.69, 9.17) is 4.74 Å². The van der Waals surface area contributed by atoms with Crippen LogP contribution < -0.4 is 0 Å². The first-order valence-electron chi connectivity index (χ1n) is 7.02. The fourth-order valence-corrected chi connectivity index (χ4v) is 3.75. The molecule has 0 aromatic carbocycles. The monoisotopic (exact) mass is 304 g/mol. The second-order valence-corrected chi connectivity index (χ2v) is 6.24. The van der Waals surface area contributed by atoms with Crippen molar-refractivity contribution >= 4 is 23.2 Å². The first-order valence-corrected chi connectivity index (χ1v) is 7.90. The van der Waals surface area contributed by atoms with Gasteiger partial charge in [0.1, 0.15) is 0 Å². The largest absolute Gasteiger partial charge is 0.465 e. The summed E-state index contributed by atoms with van der Waals surface area (Å²) in [7, 11) is 1.37. The number of amides is 1. The van der Waals surface area contributed by atoms with E-state index in [0.29, 0.717) is 12.0 Å². The van der Waals surface area contributed by atoms with Crippen LogP contribution in [0.3, 0.4) is 0 Å². The molecule has 1 unspecified atom stereocenters. The maximum Gasteiger partial charge on any atom is 0.338 e. The van der Waals surface area contributed by atoms with Crippen LogP contribution in [0.25, 0.3) is 0 Å². The molecule has 0 radical (unpaired) electrons. The number of hydrogen-bond acceptors (Lipinski definition) is 5. The average molecular weight is 304 g/mol. The second-order valence-electron chi connectivity index (χ2n) is 5.24. The van der Waals surface area contributed by atoms with Gasteiger partial charge in [-0.2, -0.15) is 5.11 Å². The van der Waals surface area contributed by atoms with E-state index in [2.05, 4.69) is 10.2 Å². The van der Waals surface area contributed by atoms with E-state index in [-0.39, 0.29) is 17.9 Å². The maximum absolute atomic E-state index is 11.8. The predicted octanol–water partition coefficient (Wildman–Crippen LogP) is 3.31. The van der Waals surface area contributed by atoms with E-state index in [1.165, 1.54) is 18.4 Å². The molecule has 3 rings (SSSR count). The van der Waals surface area contributed by atoms with Gasteiger partial charge in [-0.05, 0) is 37.3 Å². The third-order valence-corrected chi connectivity index (χ3v) is 4.89. The zero-order valence-electron chi connectivity index (χ0n) is 11.8. The summed E-state index contributed by atoms with van der Waals surface area (Å²) in [5, 5.41) is 9.76. The summed E-state index contributed by atoms with van der Waals surface area (Å²) in [5.41, 5.74) is 2.58. The van der Waals surface area contributed by atoms with Crippen LogP contribution >= 0.6 is 11.3 Å². The van der Waals surface area contributed by atoms with Gasteiger partial charge in [-0.3, -0.25) is 4.79 Å². The van der Waals surface area contributed by atoms with E-state index in [1.807, 2.05) is 6.07 Å². The Morgan fingerprint density at radius 1 is 1.43 bits per heavy atom. The molecule has 6 heteroatoms. The quantitative estimate of drug-likeness (QED) is 0.804. The van der Waals surface area contributed by atoms with E-state index >= 15 is 0 Å². The number of esters is 1. The molecule has 1 aromatic rings. The summed E-state index contributed by atoms with van der Waals surface area (Å²) in [4.78, 5) is 24.3.